The van der Waals surface area contributed by atoms with Gasteiger partial charge < -0.3 is 10.2 Å². The number of likely N-dealkylation sites (N-methyl/N-ethyl adjacent to an activating group) is 2. The Morgan fingerprint density at radius 3 is 2.70 bits per heavy atom. The van der Waals surface area contributed by atoms with E-state index in [4.69, 9.17) is 0 Å². The van der Waals surface area contributed by atoms with E-state index in [0.717, 1.165) is 5.56 Å². The van der Waals surface area contributed by atoms with Crippen LogP contribution in [0.5, 0.6) is 0 Å². The summed E-state index contributed by atoms with van der Waals surface area (Å²) in [6, 6.07) is 13.7. The normalized spacial score (nSPS) is 16.3. The largest absolute Gasteiger partial charge is 0.340 e. The third-order valence-corrected chi connectivity index (χ3v) is 6.75. The molecule has 1 unspecified atom stereocenters. The number of fused-ring (bicyclic) bond motifs is 1. The molecule has 0 saturated heterocycles. The van der Waals surface area contributed by atoms with Crippen molar-refractivity contribution in [2.45, 2.75) is 24.3 Å². The molecule has 0 aliphatic carbocycles. The average Bonchev–Trinajstić information content (AvgIpc) is 3.01. The van der Waals surface area contributed by atoms with Crippen LogP contribution in [0, 0.1) is 0 Å². The monoisotopic (exact) mass is 387 g/mol. The topological polar surface area (TPSA) is 69.7 Å². The van der Waals surface area contributed by atoms with E-state index < -0.39 is 10.0 Å². The van der Waals surface area contributed by atoms with Gasteiger partial charge in [0.25, 0.3) is 15.9 Å². The molecule has 1 N–H and O–H groups in total. The van der Waals surface area contributed by atoms with Gasteiger partial charge in [0.2, 0.25) is 0 Å². The van der Waals surface area contributed by atoms with Gasteiger partial charge in [-0.2, -0.15) is 0 Å². The van der Waals surface area contributed by atoms with Crippen LogP contribution in [-0.2, 0) is 16.4 Å². The minimum atomic E-state index is -3.75. The molecule has 7 heteroatoms. The molecule has 2 aromatic carbocycles. The van der Waals surface area contributed by atoms with Gasteiger partial charge in [0.05, 0.1) is 10.6 Å². The first-order valence-corrected chi connectivity index (χ1v) is 10.4. The van der Waals surface area contributed by atoms with Crippen molar-refractivity contribution in [3.05, 3.63) is 59.7 Å². The fraction of sp³-hybridized carbons (Fsp3) is 0.350. The van der Waals surface area contributed by atoms with E-state index in [1.165, 1.54) is 10.4 Å². The van der Waals surface area contributed by atoms with Gasteiger partial charge in [-0.25, -0.2) is 8.42 Å². The first-order chi connectivity index (χ1) is 12.9. The van der Waals surface area contributed by atoms with Crippen LogP contribution in [0.25, 0.3) is 0 Å². The van der Waals surface area contributed by atoms with E-state index in [0.29, 0.717) is 30.8 Å². The Bertz CT molecular complexity index is 943. The maximum atomic E-state index is 13.3. The molecular weight excluding hydrogens is 362 g/mol. The van der Waals surface area contributed by atoms with Crippen LogP contribution >= 0.6 is 0 Å². The van der Waals surface area contributed by atoms with Crippen molar-refractivity contribution in [2.75, 3.05) is 31.5 Å². The van der Waals surface area contributed by atoms with Gasteiger partial charge in [-0.1, -0.05) is 24.3 Å². The summed E-state index contributed by atoms with van der Waals surface area (Å²) >= 11 is 0. The number of nitrogens with zero attached hydrogens (tertiary/aromatic N) is 2. The Morgan fingerprint density at radius 2 is 1.96 bits per heavy atom. The van der Waals surface area contributed by atoms with Crippen molar-refractivity contribution >= 4 is 21.6 Å². The highest BCUT2D eigenvalue weighted by atomic mass is 32.2. The highest BCUT2D eigenvalue weighted by molar-refractivity contribution is 7.92. The molecule has 0 bridgehead atoms. The molecule has 0 aromatic heterocycles. The number of hydrogen-bond donors (Lipinski definition) is 1. The van der Waals surface area contributed by atoms with E-state index in [-0.39, 0.29) is 16.8 Å². The molecule has 0 radical (unpaired) electrons. The Kier molecular flexibility index (Phi) is 5.53. The predicted octanol–water partition coefficient (Wildman–Crippen LogP) is 2.12. The number of nitrogens with one attached hydrogen (secondary N) is 1. The van der Waals surface area contributed by atoms with Crippen LogP contribution in [-0.4, -0.2) is 52.5 Å². The highest BCUT2D eigenvalue weighted by Crippen LogP contribution is 2.36. The van der Waals surface area contributed by atoms with Crippen LogP contribution in [0.1, 0.15) is 22.8 Å². The quantitative estimate of drug-likeness (QED) is 0.824. The smallest absolute Gasteiger partial charge is 0.264 e. The SMILES string of the molecule is CNCCN(C)C(=O)c1cccc(S(=O)(=O)N2c3ccccc3CC2C)c1. The molecular formula is C20H25N3O3S. The molecule has 2 aromatic rings. The number of anilines is 1. The van der Waals surface area contributed by atoms with Crippen molar-refractivity contribution < 1.29 is 13.2 Å². The van der Waals surface area contributed by atoms with Gasteiger partial charge in [0.1, 0.15) is 0 Å². The maximum absolute atomic E-state index is 13.3. The lowest BCUT2D eigenvalue weighted by Gasteiger charge is -2.25. The standard InChI is InChI=1S/C20H25N3O3S/c1-15-13-16-7-4-5-10-19(16)23(15)27(25,26)18-9-6-8-17(14-18)20(24)22(3)12-11-21-2/h4-10,14-15,21H,11-13H2,1-3H3. The molecule has 1 amide bonds. The fourth-order valence-corrected chi connectivity index (χ4v) is 5.15. The lowest BCUT2D eigenvalue weighted by atomic mass is 10.1. The first-order valence-electron chi connectivity index (χ1n) is 8.98. The maximum Gasteiger partial charge on any atom is 0.264 e. The molecule has 0 spiro atoms. The molecule has 144 valence electrons. The molecule has 1 aliphatic rings. The highest BCUT2D eigenvalue weighted by Gasteiger charge is 2.36. The summed E-state index contributed by atoms with van der Waals surface area (Å²) in [5.74, 6) is -0.197. The van der Waals surface area contributed by atoms with Crippen molar-refractivity contribution in [1.29, 1.82) is 0 Å². The molecule has 1 atom stereocenters. The number of para-hydroxylation sites is 1. The number of sulfonamides is 1. The van der Waals surface area contributed by atoms with Gasteiger partial charge in [0.15, 0.2) is 0 Å². The van der Waals surface area contributed by atoms with Crippen LogP contribution < -0.4 is 9.62 Å². The average molecular weight is 388 g/mol. The number of carbonyl (C=O) groups excluding carboxylic acids is 1. The second-order valence-corrected chi connectivity index (χ2v) is 8.66. The summed E-state index contributed by atoms with van der Waals surface area (Å²) < 4.78 is 28.1. The van der Waals surface area contributed by atoms with Gasteiger partial charge in [-0.3, -0.25) is 9.10 Å². The molecule has 1 aliphatic heterocycles. The second-order valence-electron chi connectivity index (χ2n) is 6.84. The minimum Gasteiger partial charge on any atom is -0.340 e. The molecule has 6 nitrogen and oxygen atoms in total. The van der Waals surface area contributed by atoms with E-state index >= 15 is 0 Å². The molecule has 1 heterocycles. The number of rotatable bonds is 6. The van der Waals surface area contributed by atoms with Crippen molar-refractivity contribution in [1.82, 2.24) is 10.2 Å². The van der Waals surface area contributed by atoms with Crippen LogP contribution in [0.4, 0.5) is 5.69 Å². The summed E-state index contributed by atoms with van der Waals surface area (Å²) in [6.07, 6.45) is 0.681. The van der Waals surface area contributed by atoms with Crippen LogP contribution in [0.2, 0.25) is 0 Å². The Balaban J connectivity index is 1.94. The minimum absolute atomic E-state index is 0.138. The summed E-state index contributed by atoms with van der Waals surface area (Å²) in [4.78, 5) is 14.3. The summed E-state index contributed by atoms with van der Waals surface area (Å²) in [5.41, 5.74) is 2.11. The Morgan fingerprint density at radius 1 is 1.22 bits per heavy atom. The molecule has 0 fully saturated rings. The predicted molar refractivity (Wildman–Crippen MR) is 107 cm³/mol. The zero-order valence-corrected chi connectivity index (χ0v) is 16.7. The van der Waals surface area contributed by atoms with Crippen molar-refractivity contribution in [3.8, 4) is 0 Å². The summed E-state index contributed by atoms with van der Waals surface area (Å²) in [7, 11) is -0.222. The van der Waals surface area contributed by atoms with Gasteiger partial charge in [-0.15, -0.1) is 0 Å². The van der Waals surface area contributed by atoms with Crippen molar-refractivity contribution in [3.63, 3.8) is 0 Å². The zero-order valence-electron chi connectivity index (χ0n) is 15.8. The molecule has 3 rings (SSSR count). The number of benzene rings is 2. The first kappa shape index (κ1) is 19.4. The summed E-state index contributed by atoms with van der Waals surface area (Å²) in [5, 5.41) is 3.00. The fourth-order valence-electron chi connectivity index (χ4n) is 3.41. The lowest BCUT2D eigenvalue weighted by Crippen LogP contribution is -2.36. The van der Waals surface area contributed by atoms with E-state index in [1.807, 2.05) is 38.2 Å². The van der Waals surface area contributed by atoms with Gasteiger partial charge in [0, 0.05) is 31.7 Å². The van der Waals surface area contributed by atoms with E-state index in [2.05, 4.69) is 5.32 Å². The molecule has 0 saturated carbocycles. The van der Waals surface area contributed by atoms with Crippen LogP contribution in [0.15, 0.2) is 53.4 Å². The van der Waals surface area contributed by atoms with Crippen molar-refractivity contribution in [2.24, 2.45) is 0 Å². The number of hydrogen-bond acceptors (Lipinski definition) is 4. The second kappa shape index (κ2) is 7.70. The Labute approximate surface area is 160 Å². The Hall–Kier alpha value is -2.38. The molecule has 27 heavy (non-hydrogen) atoms. The zero-order chi connectivity index (χ0) is 19.6. The van der Waals surface area contributed by atoms with Gasteiger partial charge in [-0.05, 0) is 50.2 Å². The van der Waals surface area contributed by atoms with E-state index in [1.54, 1.807) is 30.1 Å². The lowest BCUT2D eigenvalue weighted by molar-refractivity contribution is 0.0796. The number of carbonyl (C=O) groups is 1. The third-order valence-electron chi connectivity index (χ3n) is 4.83. The summed E-state index contributed by atoms with van der Waals surface area (Å²) in [6.45, 7) is 3.11. The van der Waals surface area contributed by atoms with E-state index in [9.17, 15) is 13.2 Å². The number of amides is 1. The third kappa shape index (κ3) is 3.70. The van der Waals surface area contributed by atoms with Crippen LogP contribution in [0.3, 0.4) is 0 Å². The van der Waals surface area contributed by atoms with Gasteiger partial charge >= 0.3 is 0 Å².